The molecule has 0 heterocycles. The SMILES string of the molecule is O=S(=O)(Cc1ccccc1)Nc1ccc(O)c2ccccc12. The molecule has 2 N–H and O–H groups in total. The number of phenolic OH excluding ortho intramolecular Hbond substituents is 1. The van der Waals surface area contributed by atoms with Gasteiger partial charge in [0.2, 0.25) is 10.0 Å². The third kappa shape index (κ3) is 3.04. The summed E-state index contributed by atoms with van der Waals surface area (Å²) in [5.74, 6) is 0.0323. The topological polar surface area (TPSA) is 66.4 Å². The van der Waals surface area contributed by atoms with Crippen LogP contribution >= 0.6 is 0 Å². The number of nitrogens with one attached hydrogen (secondary N) is 1. The first-order valence-electron chi connectivity index (χ1n) is 6.80. The molecule has 22 heavy (non-hydrogen) atoms. The third-order valence-corrected chi connectivity index (χ3v) is 4.61. The van der Waals surface area contributed by atoms with E-state index in [1.807, 2.05) is 6.07 Å². The molecule has 0 spiro atoms. The molecule has 4 nitrogen and oxygen atoms in total. The second-order valence-corrected chi connectivity index (χ2v) is 6.75. The number of rotatable bonds is 4. The summed E-state index contributed by atoms with van der Waals surface area (Å²) in [4.78, 5) is 0. The van der Waals surface area contributed by atoms with Crippen LogP contribution in [-0.2, 0) is 15.8 Å². The standard InChI is InChI=1S/C17H15NO3S/c19-17-11-10-16(14-8-4-5-9-15(14)17)18-22(20,21)12-13-6-2-1-3-7-13/h1-11,18-19H,12H2. The van der Waals surface area contributed by atoms with Crippen LogP contribution in [0.2, 0.25) is 0 Å². The average molecular weight is 313 g/mol. The lowest BCUT2D eigenvalue weighted by Crippen LogP contribution is -2.15. The fraction of sp³-hybridized carbons (Fsp3) is 0.0588. The van der Waals surface area contributed by atoms with Crippen LogP contribution in [-0.4, -0.2) is 13.5 Å². The predicted octanol–water partition coefficient (Wildman–Crippen LogP) is 3.49. The van der Waals surface area contributed by atoms with Crippen LogP contribution in [0.4, 0.5) is 5.69 Å². The second kappa shape index (κ2) is 5.69. The van der Waals surface area contributed by atoms with Crippen molar-refractivity contribution in [2.24, 2.45) is 0 Å². The number of phenols is 1. The van der Waals surface area contributed by atoms with E-state index in [2.05, 4.69) is 4.72 Å². The Bertz CT molecular complexity index is 906. The van der Waals surface area contributed by atoms with Gasteiger partial charge in [-0.1, -0.05) is 54.6 Å². The Morgan fingerprint density at radius 1 is 0.818 bits per heavy atom. The largest absolute Gasteiger partial charge is 0.507 e. The molecule has 3 aromatic rings. The van der Waals surface area contributed by atoms with E-state index < -0.39 is 10.0 Å². The zero-order valence-corrected chi connectivity index (χ0v) is 12.5. The molecular weight excluding hydrogens is 298 g/mol. The summed E-state index contributed by atoms with van der Waals surface area (Å²) < 4.78 is 27.2. The number of anilines is 1. The lowest BCUT2D eigenvalue weighted by atomic mass is 10.1. The Balaban J connectivity index is 1.94. The molecule has 0 aliphatic heterocycles. The van der Waals surface area contributed by atoms with E-state index >= 15 is 0 Å². The second-order valence-electron chi connectivity index (χ2n) is 5.02. The number of hydrogen-bond acceptors (Lipinski definition) is 3. The van der Waals surface area contributed by atoms with Gasteiger partial charge in [-0.15, -0.1) is 0 Å². The molecule has 0 aliphatic carbocycles. The summed E-state index contributed by atoms with van der Waals surface area (Å²) in [6.45, 7) is 0. The molecule has 0 saturated heterocycles. The number of sulfonamides is 1. The van der Waals surface area contributed by atoms with E-state index in [9.17, 15) is 13.5 Å². The van der Waals surface area contributed by atoms with Gasteiger partial charge in [-0.25, -0.2) is 8.42 Å². The fourth-order valence-corrected chi connectivity index (χ4v) is 3.59. The molecule has 112 valence electrons. The Labute approximate surface area is 129 Å². The van der Waals surface area contributed by atoms with E-state index in [1.54, 1.807) is 54.6 Å². The summed E-state index contributed by atoms with van der Waals surface area (Å²) in [5, 5.41) is 11.1. The van der Waals surface area contributed by atoms with Gasteiger partial charge in [0.1, 0.15) is 5.75 Å². The summed E-state index contributed by atoms with van der Waals surface area (Å²) in [6, 6.07) is 19.2. The van der Waals surface area contributed by atoms with E-state index in [0.29, 0.717) is 16.5 Å². The van der Waals surface area contributed by atoms with Crippen molar-refractivity contribution in [3.05, 3.63) is 72.3 Å². The van der Waals surface area contributed by atoms with E-state index in [4.69, 9.17) is 0 Å². The molecule has 0 aliphatic rings. The van der Waals surface area contributed by atoms with Crippen molar-refractivity contribution in [3.8, 4) is 5.75 Å². The highest BCUT2D eigenvalue weighted by Gasteiger charge is 2.14. The Morgan fingerprint density at radius 3 is 2.18 bits per heavy atom. The summed E-state index contributed by atoms with van der Waals surface area (Å²) in [7, 11) is -3.52. The first-order valence-corrected chi connectivity index (χ1v) is 8.45. The van der Waals surface area contributed by atoms with Crippen LogP contribution in [0.1, 0.15) is 5.56 Å². The minimum atomic E-state index is -3.52. The first-order chi connectivity index (χ1) is 10.6. The molecule has 3 rings (SSSR count). The van der Waals surface area contributed by atoms with Crippen LogP contribution in [0.5, 0.6) is 5.75 Å². The highest BCUT2D eigenvalue weighted by molar-refractivity contribution is 7.91. The number of hydrogen-bond donors (Lipinski definition) is 2. The molecule has 0 fully saturated rings. The van der Waals surface area contributed by atoms with Crippen molar-refractivity contribution in [2.75, 3.05) is 4.72 Å². The maximum absolute atomic E-state index is 12.3. The molecule has 0 amide bonds. The van der Waals surface area contributed by atoms with Crippen LogP contribution < -0.4 is 4.72 Å². The normalized spacial score (nSPS) is 11.5. The number of benzene rings is 3. The molecule has 0 bridgehead atoms. The summed E-state index contributed by atoms with van der Waals surface area (Å²) >= 11 is 0. The Kier molecular flexibility index (Phi) is 3.73. The van der Waals surface area contributed by atoms with Crippen molar-refractivity contribution in [1.82, 2.24) is 0 Å². The number of aromatic hydroxyl groups is 1. The highest BCUT2D eigenvalue weighted by Crippen LogP contribution is 2.31. The molecule has 0 atom stereocenters. The Morgan fingerprint density at radius 2 is 1.45 bits per heavy atom. The first kappa shape index (κ1) is 14.4. The smallest absolute Gasteiger partial charge is 0.236 e. The Hall–Kier alpha value is -2.53. The van der Waals surface area contributed by atoms with Gasteiger partial charge in [-0.05, 0) is 17.7 Å². The van der Waals surface area contributed by atoms with Crippen molar-refractivity contribution < 1.29 is 13.5 Å². The van der Waals surface area contributed by atoms with Gasteiger partial charge in [-0.3, -0.25) is 4.72 Å². The summed E-state index contributed by atoms with van der Waals surface area (Å²) in [6.07, 6.45) is 0. The van der Waals surface area contributed by atoms with Gasteiger partial charge in [0.25, 0.3) is 0 Å². The molecule has 3 aromatic carbocycles. The maximum atomic E-state index is 12.3. The quantitative estimate of drug-likeness (QED) is 0.725. The van der Waals surface area contributed by atoms with E-state index in [0.717, 1.165) is 5.56 Å². The van der Waals surface area contributed by atoms with E-state index in [1.165, 1.54) is 6.07 Å². The minimum Gasteiger partial charge on any atom is -0.507 e. The monoisotopic (exact) mass is 313 g/mol. The lowest BCUT2D eigenvalue weighted by molar-refractivity contribution is 0.481. The zero-order valence-electron chi connectivity index (χ0n) is 11.7. The predicted molar refractivity (Wildman–Crippen MR) is 88.3 cm³/mol. The summed E-state index contributed by atoms with van der Waals surface area (Å²) in [5.41, 5.74) is 1.18. The molecular formula is C17H15NO3S. The van der Waals surface area contributed by atoms with Crippen LogP contribution in [0.25, 0.3) is 10.8 Å². The van der Waals surface area contributed by atoms with Crippen molar-refractivity contribution in [3.63, 3.8) is 0 Å². The minimum absolute atomic E-state index is 0.0942. The molecule has 0 radical (unpaired) electrons. The van der Waals surface area contributed by atoms with Gasteiger partial charge < -0.3 is 5.11 Å². The van der Waals surface area contributed by atoms with Crippen LogP contribution in [0.15, 0.2) is 66.7 Å². The van der Waals surface area contributed by atoms with Gasteiger partial charge in [0.15, 0.2) is 0 Å². The van der Waals surface area contributed by atoms with Crippen molar-refractivity contribution >= 4 is 26.5 Å². The zero-order chi connectivity index (χ0) is 15.6. The molecule has 0 aromatic heterocycles. The number of fused-ring (bicyclic) bond motifs is 1. The van der Waals surface area contributed by atoms with Gasteiger partial charge >= 0.3 is 0 Å². The van der Waals surface area contributed by atoms with Crippen molar-refractivity contribution in [2.45, 2.75) is 5.75 Å². The molecule has 0 unspecified atom stereocenters. The van der Waals surface area contributed by atoms with Gasteiger partial charge in [-0.2, -0.15) is 0 Å². The van der Waals surface area contributed by atoms with Gasteiger partial charge in [0, 0.05) is 10.8 Å². The fourth-order valence-electron chi connectivity index (χ4n) is 2.37. The van der Waals surface area contributed by atoms with Gasteiger partial charge in [0.05, 0.1) is 11.4 Å². The van der Waals surface area contributed by atoms with E-state index in [-0.39, 0.29) is 11.5 Å². The maximum Gasteiger partial charge on any atom is 0.236 e. The third-order valence-electron chi connectivity index (χ3n) is 3.37. The lowest BCUT2D eigenvalue weighted by Gasteiger charge is -2.11. The van der Waals surface area contributed by atoms with Crippen LogP contribution in [0, 0.1) is 0 Å². The molecule has 5 heteroatoms. The van der Waals surface area contributed by atoms with Crippen LogP contribution in [0.3, 0.4) is 0 Å². The highest BCUT2D eigenvalue weighted by atomic mass is 32.2. The van der Waals surface area contributed by atoms with Crippen molar-refractivity contribution in [1.29, 1.82) is 0 Å². The average Bonchev–Trinajstić information content (AvgIpc) is 2.51. The molecule has 0 saturated carbocycles.